The molecule has 0 N–H and O–H groups in total. The van der Waals surface area contributed by atoms with Gasteiger partial charge in [-0.2, -0.15) is 0 Å². The van der Waals surface area contributed by atoms with E-state index in [2.05, 4.69) is 0 Å². The maximum atomic E-state index is 13.8. The molecule has 0 saturated carbocycles. The Balaban J connectivity index is 2.31. The van der Waals surface area contributed by atoms with E-state index in [-0.39, 0.29) is 11.6 Å². The van der Waals surface area contributed by atoms with Crippen LogP contribution in [-0.2, 0) is 6.54 Å². The molecular formula is C17H18FNO2. The van der Waals surface area contributed by atoms with Crippen LogP contribution in [0, 0.1) is 5.82 Å². The van der Waals surface area contributed by atoms with Crippen LogP contribution in [-0.4, -0.2) is 19.9 Å². The smallest absolute Gasteiger partial charge is 0.159 e. The number of rotatable bonds is 5. The summed E-state index contributed by atoms with van der Waals surface area (Å²) in [5, 5.41) is 0. The number of methoxy groups -OCH3 is 1. The lowest BCUT2D eigenvalue weighted by atomic mass is 10.1. The Labute approximate surface area is 124 Å². The van der Waals surface area contributed by atoms with Crippen LogP contribution in [0.1, 0.15) is 22.8 Å². The second kappa shape index (κ2) is 6.39. The van der Waals surface area contributed by atoms with Crippen LogP contribution in [0.4, 0.5) is 10.1 Å². The van der Waals surface area contributed by atoms with Crippen molar-refractivity contribution in [2.45, 2.75) is 13.5 Å². The number of ether oxygens (including phenoxy) is 1. The van der Waals surface area contributed by atoms with E-state index in [1.165, 1.54) is 13.0 Å². The number of carbonyl (C=O) groups is 1. The van der Waals surface area contributed by atoms with Crippen molar-refractivity contribution >= 4 is 11.5 Å². The zero-order valence-electron chi connectivity index (χ0n) is 12.4. The highest BCUT2D eigenvalue weighted by atomic mass is 19.1. The molecule has 0 heterocycles. The van der Waals surface area contributed by atoms with Crippen LogP contribution in [0.25, 0.3) is 0 Å². The molecule has 0 saturated heterocycles. The first-order chi connectivity index (χ1) is 10.0. The second-order valence-corrected chi connectivity index (χ2v) is 4.89. The Morgan fingerprint density at radius 2 is 1.95 bits per heavy atom. The summed E-state index contributed by atoms with van der Waals surface area (Å²) in [4.78, 5) is 13.3. The molecule has 0 spiro atoms. The standard InChI is InChI=1S/C17H18FNO2/c1-12(20)13-8-9-17(21-3)14(10-13)11-19(2)16-7-5-4-6-15(16)18/h4-10H,11H2,1-3H3. The third-order valence-corrected chi connectivity index (χ3v) is 3.36. The Morgan fingerprint density at radius 1 is 1.24 bits per heavy atom. The van der Waals surface area contributed by atoms with Crippen molar-refractivity contribution in [2.75, 3.05) is 19.1 Å². The number of anilines is 1. The quantitative estimate of drug-likeness (QED) is 0.786. The number of halogens is 1. The van der Waals surface area contributed by atoms with Crippen molar-refractivity contribution in [1.82, 2.24) is 0 Å². The number of ketones is 1. The van der Waals surface area contributed by atoms with Gasteiger partial charge in [-0.3, -0.25) is 4.79 Å². The van der Waals surface area contributed by atoms with Crippen molar-refractivity contribution in [3.8, 4) is 5.75 Å². The van der Waals surface area contributed by atoms with Gasteiger partial charge >= 0.3 is 0 Å². The number of Topliss-reactive ketones (excluding diaryl/α,β-unsaturated/α-hetero) is 1. The van der Waals surface area contributed by atoms with E-state index in [0.717, 1.165) is 5.56 Å². The summed E-state index contributed by atoms with van der Waals surface area (Å²) in [6.07, 6.45) is 0. The fourth-order valence-corrected chi connectivity index (χ4v) is 2.22. The second-order valence-electron chi connectivity index (χ2n) is 4.89. The van der Waals surface area contributed by atoms with E-state index in [4.69, 9.17) is 4.74 Å². The summed E-state index contributed by atoms with van der Waals surface area (Å²) in [6, 6.07) is 11.9. The molecule has 0 aliphatic rings. The normalized spacial score (nSPS) is 10.3. The average Bonchev–Trinajstić information content (AvgIpc) is 2.47. The SMILES string of the molecule is COc1ccc(C(C)=O)cc1CN(C)c1ccccc1F. The van der Waals surface area contributed by atoms with E-state index in [9.17, 15) is 9.18 Å². The summed E-state index contributed by atoms with van der Waals surface area (Å²) in [6.45, 7) is 1.97. The summed E-state index contributed by atoms with van der Waals surface area (Å²) in [5.41, 5.74) is 1.97. The van der Waals surface area contributed by atoms with Gasteiger partial charge in [0.2, 0.25) is 0 Å². The van der Waals surface area contributed by atoms with Gasteiger partial charge in [0.15, 0.2) is 5.78 Å². The minimum absolute atomic E-state index is 0.00699. The summed E-state index contributed by atoms with van der Waals surface area (Å²) < 4.78 is 19.1. The van der Waals surface area contributed by atoms with Crippen LogP contribution in [0.3, 0.4) is 0 Å². The molecular weight excluding hydrogens is 269 g/mol. The highest BCUT2D eigenvalue weighted by Gasteiger charge is 2.12. The van der Waals surface area contributed by atoms with Crippen LogP contribution in [0.15, 0.2) is 42.5 Å². The van der Waals surface area contributed by atoms with Crippen molar-refractivity contribution in [1.29, 1.82) is 0 Å². The topological polar surface area (TPSA) is 29.5 Å². The first-order valence-corrected chi connectivity index (χ1v) is 6.66. The molecule has 4 heteroatoms. The number of hydrogen-bond donors (Lipinski definition) is 0. The van der Waals surface area contributed by atoms with Crippen LogP contribution < -0.4 is 9.64 Å². The van der Waals surface area contributed by atoms with Crippen molar-refractivity contribution < 1.29 is 13.9 Å². The van der Waals surface area contributed by atoms with E-state index in [0.29, 0.717) is 23.5 Å². The molecule has 0 fully saturated rings. The number of hydrogen-bond acceptors (Lipinski definition) is 3. The predicted molar refractivity (Wildman–Crippen MR) is 81.5 cm³/mol. The molecule has 2 rings (SSSR count). The van der Waals surface area contributed by atoms with Crippen molar-refractivity contribution in [2.24, 2.45) is 0 Å². The van der Waals surface area contributed by atoms with Crippen molar-refractivity contribution in [3.63, 3.8) is 0 Å². The molecule has 0 radical (unpaired) electrons. The largest absolute Gasteiger partial charge is 0.496 e. The first kappa shape index (κ1) is 15.0. The minimum Gasteiger partial charge on any atom is -0.496 e. The molecule has 21 heavy (non-hydrogen) atoms. The molecule has 0 amide bonds. The lowest BCUT2D eigenvalue weighted by molar-refractivity contribution is 0.101. The Kier molecular flexibility index (Phi) is 4.58. The molecule has 0 aliphatic heterocycles. The van der Waals surface area contributed by atoms with Gasteiger partial charge in [-0.25, -0.2) is 4.39 Å². The fraction of sp³-hybridized carbons (Fsp3) is 0.235. The fourth-order valence-electron chi connectivity index (χ4n) is 2.22. The van der Waals surface area contributed by atoms with Crippen LogP contribution >= 0.6 is 0 Å². The third-order valence-electron chi connectivity index (χ3n) is 3.36. The number of benzene rings is 2. The molecule has 0 aromatic heterocycles. The van der Waals surface area contributed by atoms with E-state index >= 15 is 0 Å². The first-order valence-electron chi connectivity index (χ1n) is 6.66. The van der Waals surface area contributed by atoms with Crippen LogP contribution in [0.2, 0.25) is 0 Å². The maximum Gasteiger partial charge on any atom is 0.159 e. The summed E-state index contributed by atoms with van der Waals surface area (Å²) in [7, 11) is 3.38. The average molecular weight is 287 g/mol. The van der Waals surface area contributed by atoms with Gasteiger partial charge in [0.05, 0.1) is 12.8 Å². The number of para-hydroxylation sites is 1. The molecule has 2 aromatic rings. The Morgan fingerprint density at radius 3 is 2.57 bits per heavy atom. The monoisotopic (exact) mass is 287 g/mol. The van der Waals surface area contributed by atoms with Gasteiger partial charge in [-0.05, 0) is 37.3 Å². The van der Waals surface area contributed by atoms with E-state index in [1.54, 1.807) is 55.5 Å². The summed E-state index contributed by atoms with van der Waals surface area (Å²) in [5.74, 6) is 0.400. The van der Waals surface area contributed by atoms with Gasteiger partial charge in [0, 0.05) is 24.7 Å². The summed E-state index contributed by atoms with van der Waals surface area (Å²) >= 11 is 0. The molecule has 110 valence electrons. The van der Waals surface area contributed by atoms with E-state index < -0.39 is 0 Å². The highest BCUT2D eigenvalue weighted by molar-refractivity contribution is 5.94. The van der Waals surface area contributed by atoms with Crippen LogP contribution in [0.5, 0.6) is 5.75 Å². The predicted octanol–water partition coefficient (Wildman–Crippen LogP) is 3.67. The van der Waals surface area contributed by atoms with Gasteiger partial charge in [0.1, 0.15) is 11.6 Å². The lowest BCUT2D eigenvalue weighted by Crippen LogP contribution is -2.18. The lowest BCUT2D eigenvalue weighted by Gasteiger charge is -2.21. The number of nitrogens with zero attached hydrogens (tertiary/aromatic N) is 1. The van der Waals surface area contributed by atoms with E-state index in [1.807, 2.05) is 0 Å². The van der Waals surface area contributed by atoms with Gasteiger partial charge in [0.25, 0.3) is 0 Å². The molecule has 0 unspecified atom stereocenters. The minimum atomic E-state index is -0.276. The van der Waals surface area contributed by atoms with Crippen molar-refractivity contribution in [3.05, 3.63) is 59.4 Å². The molecule has 3 nitrogen and oxygen atoms in total. The number of carbonyl (C=O) groups excluding carboxylic acids is 1. The highest BCUT2D eigenvalue weighted by Crippen LogP contribution is 2.25. The molecule has 0 aliphatic carbocycles. The molecule has 0 bridgehead atoms. The zero-order chi connectivity index (χ0) is 15.4. The van der Waals surface area contributed by atoms with Gasteiger partial charge in [-0.15, -0.1) is 0 Å². The Bertz CT molecular complexity index is 655. The zero-order valence-corrected chi connectivity index (χ0v) is 12.4. The van der Waals surface area contributed by atoms with Gasteiger partial charge < -0.3 is 9.64 Å². The maximum absolute atomic E-state index is 13.8. The third kappa shape index (κ3) is 3.40. The van der Waals surface area contributed by atoms with Gasteiger partial charge in [-0.1, -0.05) is 12.1 Å². The molecule has 2 aromatic carbocycles. The molecule has 0 atom stereocenters. The Hall–Kier alpha value is -2.36.